The molecular weight excluding hydrogens is 242 g/mol. The Balaban J connectivity index is 2.67. The molecule has 0 aliphatic carbocycles. The third-order valence-electron chi connectivity index (χ3n) is 2.70. The van der Waals surface area contributed by atoms with Crippen LogP contribution in [0.3, 0.4) is 0 Å². The van der Waals surface area contributed by atoms with E-state index in [2.05, 4.69) is 23.3 Å². The normalized spacial score (nSPS) is 22.1. The molecule has 0 spiro atoms. The third-order valence-corrected chi connectivity index (χ3v) is 3.07. The van der Waals surface area contributed by atoms with Crippen LogP contribution in [0.15, 0.2) is 0 Å². The number of amides is 2. The van der Waals surface area contributed by atoms with Crippen molar-refractivity contribution in [1.29, 1.82) is 0 Å². The highest BCUT2D eigenvalue weighted by Gasteiger charge is 2.30. The molecule has 1 aliphatic heterocycles. The maximum Gasteiger partial charge on any atom is 0.246 e. The van der Waals surface area contributed by atoms with Gasteiger partial charge in [0.2, 0.25) is 11.8 Å². The highest BCUT2D eigenvalue weighted by molar-refractivity contribution is 7.80. The van der Waals surface area contributed by atoms with E-state index in [1.165, 1.54) is 6.92 Å². The van der Waals surface area contributed by atoms with Gasteiger partial charge in [0.05, 0.1) is 12.6 Å². The minimum absolute atomic E-state index is 0.0852. The SMILES string of the molecule is CC(=O)N[C@@H](CS)C(=O)N1CCNC[C@@H]1CO. The Morgan fingerprint density at radius 3 is 2.88 bits per heavy atom. The number of thiol groups is 1. The van der Waals surface area contributed by atoms with Crippen LogP contribution < -0.4 is 10.6 Å². The second kappa shape index (κ2) is 6.83. The van der Waals surface area contributed by atoms with Crippen LogP contribution in [0.25, 0.3) is 0 Å². The zero-order chi connectivity index (χ0) is 12.8. The summed E-state index contributed by atoms with van der Waals surface area (Å²) in [5, 5.41) is 14.9. The Morgan fingerprint density at radius 2 is 2.35 bits per heavy atom. The first-order chi connectivity index (χ1) is 8.10. The van der Waals surface area contributed by atoms with Crippen molar-refractivity contribution in [3.8, 4) is 0 Å². The summed E-state index contributed by atoms with van der Waals surface area (Å²) in [5.41, 5.74) is 0. The Morgan fingerprint density at radius 1 is 1.65 bits per heavy atom. The molecule has 1 rings (SSSR count). The Kier molecular flexibility index (Phi) is 5.73. The van der Waals surface area contributed by atoms with Gasteiger partial charge in [0, 0.05) is 32.3 Å². The van der Waals surface area contributed by atoms with Crippen molar-refractivity contribution >= 4 is 24.4 Å². The van der Waals surface area contributed by atoms with Gasteiger partial charge in [0.15, 0.2) is 0 Å². The van der Waals surface area contributed by atoms with E-state index in [1.807, 2.05) is 0 Å². The first kappa shape index (κ1) is 14.3. The van der Waals surface area contributed by atoms with Gasteiger partial charge in [-0.2, -0.15) is 12.6 Å². The summed E-state index contributed by atoms with van der Waals surface area (Å²) in [6.45, 7) is 3.08. The molecule has 0 aromatic carbocycles. The van der Waals surface area contributed by atoms with Crippen LogP contribution in [0.4, 0.5) is 0 Å². The van der Waals surface area contributed by atoms with Gasteiger partial charge in [0.25, 0.3) is 0 Å². The highest BCUT2D eigenvalue weighted by atomic mass is 32.1. The molecule has 3 N–H and O–H groups in total. The van der Waals surface area contributed by atoms with Crippen molar-refractivity contribution in [3.05, 3.63) is 0 Å². The van der Waals surface area contributed by atoms with Crippen molar-refractivity contribution in [2.75, 3.05) is 32.0 Å². The Hall–Kier alpha value is -0.790. The van der Waals surface area contributed by atoms with Crippen molar-refractivity contribution in [3.63, 3.8) is 0 Å². The summed E-state index contributed by atoms with van der Waals surface area (Å²) in [7, 11) is 0. The fourth-order valence-corrected chi connectivity index (χ4v) is 2.09. The fourth-order valence-electron chi connectivity index (χ4n) is 1.85. The van der Waals surface area contributed by atoms with E-state index in [9.17, 15) is 14.7 Å². The van der Waals surface area contributed by atoms with Crippen molar-refractivity contribution in [2.24, 2.45) is 0 Å². The molecule has 1 fully saturated rings. The molecule has 98 valence electrons. The largest absolute Gasteiger partial charge is 0.394 e. The maximum absolute atomic E-state index is 12.2. The van der Waals surface area contributed by atoms with Gasteiger partial charge in [-0.3, -0.25) is 9.59 Å². The minimum Gasteiger partial charge on any atom is -0.394 e. The predicted molar refractivity (Wildman–Crippen MR) is 66.9 cm³/mol. The predicted octanol–water partition coefficient (Wildman–Crippen LogP) is -1.79. The quantitative estimate of drug-likeness (QED) is 0.451. The van der Waals surface area contributed by atoms with Gasteiger partial charge >= 0.3 is 0 Å². The van der Waals surface area contributed by atoms with E-state index < -0.39 is 6.04 Å². The van der Waals surface area contributed by atoms with Crippen LogP contribution in [-0.4, -0.2) is 65.9 Å². The molecule has 1 saturated heterocycles. The average Bonchev–Trinajstić information content (AvgIpc) is 2.34. The topological polar surface area (TPSA) is 81.7 Å². The van der Waals surface area contributed by atoms with Crippen molar-refractivity contribution in [2.45, 2.75) is 19.0 Å². The number of rotatable bonds is 4. The number of aliphatic hydroxyl groups excluding tert-OH is 1. The van der Waals surface area contributed by atoms with Crippen LogP contribution in [0.2, 0.25) is 0 Å². The molecule has 0 aromatic rings. The smallest absolute Gasteiger partial charge is 0.246 e. The Bertz CT molecular complexity index is 288. The summed E-state index contributed by atoms with van der Waals surface area (Å²) in [6.07, 6.45) is 0. The first-order valence-electron chi connectivity index (χ1n) is 5.60. The highest BCUT2D eigenvalue weighted by Crippen LogP contribution is 2.06. The van der Waals surface area contributed by atoms with E-state index in [0.717, 1.165) is 0 Å². The van der Waals surface area contributed by atoms with E-state index in [-0.39, 0.29) is 30.2 Å². The Labute approximate surface area is 106 Å². The molecule has 6 nitrogen and oxygen atoms in total. The van der Waals surface area contributed by atoms with E-state index in [4.69, 9.17) is 0 Å². The first-order valence-corrected chi connectivity index (χ1v) is 6.23. The van der Waals surface area contributed by atoms with Crippen molar-refractivity contribution in [1.82, 2.24) is 15.5 Å². The zero-order valence-electron chi connectivity index (χ0n) is 9.85. The second-order valence-corrected chi connectivity index (χ2v) is 4.37. The molecule has 1 aliphatic rings. The molecule has 2 amide bonds. The monoisotopic (exact) mass is 261 g/mol. The number of hydrogen-bond donors (Lipinski definition) is 4. The molecule has 0 radical (unpaired) electrons. The summed E-state index contributed by atoms with van der Waals surface area (Å²) in [4.78, 5) is 24.7. The van der Waals surface area contributed by atoms with Gasteiger partial charge < -0.3 is 20.6 Å². The molecule has 7 heteroatoms. The lowest BCUT2D eigenvalue weighted by atomic mass is 10.1. The van der Waals surface area contributed by atoms with Crippen LogP contribution in [0.1, 0.15) is 6.92 Å². The number of carbonyl (C=O) groups excluding carboxylic acids is 2. The zero-order valence-corrected chi connectivity index (χ0v) is 10.7. The van der Waals surface area contributed by atoms with Gasteiger partial charge in [-0.25, -0.2) is 0 Å². The summed E-state index contributed by atoms with van der Waals surface area (Å²) >= 11 is 4.07. The lowest BCUT2D eigenvalue weighted by Crippen LogP contribution is -2.60. The van der Waals surface area contributed by atoms with Crippen LogP contribution in [-0.2, 0) is 9.59 Å². The van der Waals surface area contributed by atoms with Crippen LogP contribution >= 0.6 is 12.6 Å². The minimum atomic E-state index is -0.622. The molecule has 1 heterocycles. The van der Waals surface area contributed by atoms with E-state index in [1.54, 1.807) is 4.90 Å². The molecular formula is C10H19N3O3S. The number of nitrogens with zero attached hydrogens (tertiary/aromatic N) is 1. The number of nitrogens with one attached hydrogen (secondary N) is 2. The lowest BCUT2D eigenvalue weighted by molar-refractivity contribution is -0.139. The molecule has 17 heavy (non-hydrogen) atoms. The van der Waals surface area contributed by atoms with E-state index >= 15 is 0 Å². The number of hydrogen-bond acceptors (Lipinski definition) is 5. The maximum atomic E-state index is 12.2. The summed E-state index contributed by atoms with van der Waals surface area (Å²) in [6, 6.07) is -0.852. The van der Waals surface area contributed by atoms with E-state index in [0.29, 0.717) is 19.6 Å². The molecule has 0 unspecified atom stereocenters. The molecule has 0 aromatic heterocycles. The number of carbonyl (C=O) groups is 2. The lowest BCUT2D eigenvalue weighted by Gasteiger charge is -2.37. The molecule has 2 atom stereocenters. The van der Waals surface area contributed by atoms with Gasteiger partial charge in [-0.15, -0.1) is 0 Å². The molecule has 0 bridgehead atoms. The number of aliphatic hydroxyl groups is 1. The summed E-state index contributed by atoms with van der Waals surface area (Å²) in [5.74, 6) is -0.190. The van der Waals surface area contributed by atoms with Crippen molar-refractivity contribution < 1.29 is 14.7 Å². The number of piperazine rings is 1. The van der Waals surface area contributed by atoms with Gasteiger partial charge in [-0.05, 0) is 0 Å². The van der Waals surface area contributed by atoms with Crippen LogP contribution in [0, 0.1) is 0 Å². The van der Waals surface area contributed by atoms with Gasteiger partial charge in [0.1, 0.15) is 6.04 Å². The van der Waals surface area contributed by atoms with Gasteiger partial charge in [-0.1, -0.05) is 0 Å². The van der Waals surface area contributed by atoms with Crippen LogP contribution in [0.5, 0.6) is 0 Å². The second-order valence-electron chi connectivity index (χ2n) is 4.01. The molecule has 0 saturated carbocycles. The fraction of sp³-hybridized carbons (Fsp3) is 0.800. The standard InChI is InChI=1S/C10H19N3O3S/c1-7(15)12-9(6-17)10(16)13-3-2-11-4-8(13)5-14/h8-9,11,14,17H,2-6H2,1H3,(H,12,15)/t8-,9+/m1/s1. The summed E-state index contributed by atoms with van der Waals surface area (Å²) < 4.78 is 0. The third kappa shape index (κ3) is 3.86. The average molecular weight is 261 g/mol.